The fourth-order valence-electron chi connectivity index (χ4n) is 1.93. The van der Waals surface area contributed by atoms with Crippen LogP contribution in [-0.2, 0) is 4.74 Å². The lowest BCUT2D eigenvalue weighted by Gasteiger charge is -2.09. The predicted octanol–water partition coefficient (Wildman–Crippen LogP) is 3.01. The van der Waals surface area contributed by atoms with Crippen LogP contribution in [0.15, 0.2) is 4.79 Å². The van der Waals surface area contributed by atoms with Crippen molar-refractivity contribution < 1.29 is 14.6 Å². The van der Waals surface area contributed by atoms with Crippen molar-refractivity contribution in [1.29, 1.82) is 5.41 Å². The molecule has 0 aromatic carbocycles. The Balaban J connectivity index is 0.000000626. The van der Waals surface area contributed by atoms with E-state index in [1.807, 2.05) is 0 Å². The first-order valence-electron chi connectivity index (χ1n) is 7.26. The molecule has 0 aliphatic carbocycles. The SMILES string of the molecule is CCCC(C)C.COC(=O)c1c(O)c(C)c(C(C)=N)[nH]c1=O. The van der Waals surface area contributed by atoms with Gasteiger partial charge in [-0.2, -0.15) is 0 Å². The number of aromatic amines is 1. The zero-order valence-corrected chi connectivity index (χ0v) is 14.2. The van der Waals surface area contributed by atoms with Crippen LogP contribution in [0.3, 0.4) is 0 Å². The second-order valence-corrected chi connectivity index (χ2v) is 5.48. The number of rotatable bonds is 4. The fourth-order valence-corrected chi connectivity index (χ4v) is 1.93. The molecule has 0 saturated carbocycles. The molecule has 0 atom stereocenters. The van der Waals surface area contributed by atoms with Crippen LogP contribution in [0.2, 0.25) is 0 Å². The minimum absolute atomic E-state index is 0.0984. The van der Waals surface area contributed by atoms with Crippen LogP contribution >= 0.6 is 0 Å². The molecule has 124 valence electrons. The molecule has 0 spiro atoms. The van der Waals surface area contributed by atoms with Crippen molar-refractivity contribution in [1.82, 2.24) is 4.98 Å². The minimum atomic E-state index is -0.906. The molecular weight excluding hydrogens is 284 g/mol. The third-order valence-electron chi connectivity index (χ3n) is 3.06. The molecule has 0 bridgehead atoms. The van der Waals surface area contributed by atoms with E-state index >= 15 is 0 Å². The number of hydrogen-bond acceptors (Lipinski definition) is 5. The number of aromatic hydroxyl groups is 1. The second-order valence-electron chi connectivity index (χ2n) is 5.48. The maximum absolute atomic E-state index is 11.5. The van der Waals surface area contributed by atoms with E-state index in [4.69, 9.17) is 5.41 Å². The number of H-pyrrole nitrogens is 1. The lowest BCUT2D eigenvalue weighted by Crippen LogP contribution is -2.22. The Kier molecular flexibility index (Phi) is 8.15. The van der Waals surface area contributed by atoms with Gasteiger partial charge in [-0.3, -0.25) is 4.79 Å². The first-order chi connectivity index (χ1) is 10.2. The average molecular weight is 310 g/mol. The van der Waals surface area contributed by atoms with Crippen molar-refractivity contribution in [3.63, 3.8) is 0 Å². The van der Waals surface area contributed by atoms with Gasteiger partial charge in [0.2, 0.25) is 0 Å². The molecule has 0 unspecified atom stereocenters. The van der Waals surface area contributed by atoms with E-state index in [1.165, 1.54) is 26.7 Å². The summed E-state index contributed by atoms with van der Waals surface area (Å²) in [4.78, 5) is 25.1. The van der Waals surface area contributed by atoms with Crippen molar-refractivity contribution in [3.8, 4) is 5.75 Å². The Hall–Kier alpha value is -2.11. The highest BCUT2D eigenvalue weighted by Crippen LogP contribution is 2.21. The highest BCUT2D eigenvalue weighted by molar-refractivity contribution is 5.99. The Bertz CT molecular complexity index is 589. The van der Waals surface area contributed by atoms with Gasteiger partial charge in [-0.05, 0) is 19.8 Å². The lowest BCUT2D eigenvalue weighted by molar-refractivity contribution is 0.0595. The van der Waals surface area contributed by atoms with Crippen molar-refractivity contribution in [3.05, 3.63) is 27.2 Å². The van der Waals surface area contributed by atoms with Gasteiger partial charge < -0.3 is 20.2 Å². The number of carbonyl (C=O) groups excluding carboxylic acids is 1. The molecule has 1 aromatic rings. The molecule has 0 aliphatic rings. The number of esters is 1. The maximum atomic E-state index is 11.5. The summed E-state index contributed by atoms with van der Waals surface area (Å²) >= 11 is 0. The number of ether oxygens (including phenoxy) is 1. The number of pyridine rings is 1. The van der Waals surface area contributed by atoms with Crippen LogP contribution in [0.25, 0.3) is 0 Å². The molecule has 22 heavy (non-hydrogen) atoms. The number of carbonyl (C=O) groups is 1. The largest absolute Gasteiger partial charge is 0.506 e. The summed E-state index contributed by atoms with van der Waals surface area (Å²) in [7, 11) is 1.12. The summed E-state index contributed by atoms with van der Waals surface area (Å²) in [5.41, 5.74) is -0.634. The van der Waals surface area contributed by atoms with E-state index in [-0.39, 0.29) is 17.0 Å². The van der Waals surface area contributed by atoms with Crippen molar-refractivity contribution in [2.24, 2.45) is 5.92 Å². The van der Waals surface area contributed by atoms with Crippen LogP contribution < -0.4 is 5.56 Å². The van der Waals surface area contributed by atoms with Gasteiger partial charge in [0.25, 0.3) is 5.56 Å². The van der Waals surface area contributed by atoms with Gasteiger partial charge in [0.1, 0.15) is 5.75 Å². The molecule has 3 N–H and O–H groups in total. The van der Waals surface area contributed by atoms with Crippen LogP contribution in [0, 0.1) is 18.3 Å². The van der Waals surface area contributed by atoms with E-state index in [2.05, 4.69) is 30.5 Å². The third-order valence-corrected chi connectivity index (χ3v) is 3.06. The van der Waals surface area contributed by atoms with E-state index in [0.29, 0.717) is 0 Å². The Morgan fingerprint density at radius 1 is 1.41 bits per heavy atom. The first-order valence-corrected chi connectivity index (χ1v) is 7.26. The number of aromatic nitrogens is 1. The van der Waals surface area contributed by atoms with E-state index in [0.717, 1.165) is 13.0 Å². The fraction of sp³-hybridized carbons (Fsp3) is 0.562. The third kappa shape index (κ3) is 5.35. The predicted molar refractivity (Wildman–Crippen MR) is 87.1 cm³/mol. The summed E-state index contributed by atoms with van der Waals surface area (Å²) in [6.45, 7) is 9.70. The summed E-state index contributed by atoms with van der Waals surface area (Å²) < 4.78 is 4.38. The molecule has 0 amide bonds. The summed E-state index contributed by atoms with van der Waals surface area (Å²) in [6, 6.07) is 0. The molecule has 0 fully saturated rings. The van der Waals surface area contributed by atoms with E-state index in [1.54, 1.807) is 0 Å². The topological polar surface area (TPSA) is 103 Å². The summed E-state index contributed by atoms with van der Waals surface area (Å²) in [6.07, 6.45) is 2.71. The van der Waals surface area contributed by atoms with Gasteiger partial charge in [-0.15, -0.1) is 0 Å². The van der Waals surface area contributed by atoms with Crippen LogP contribution in [0.5, 0.6) is 5.75 Å². The first kappa shape index (κ1) is 19.9. The van der Waals surface area contributed by atoms with Crippen LogP contribution in [0.1, 0.15) is 62.2 Å². The molecule has 1 aromatic heterocycles. The summed E-state index contributed by atoms with van der Waals surface area (Å²) in [5, 5.41) is 17.1. The molecule has 1 rings (SSSR count). The molecule has 6 nitrogen and oxygen atoms in total. The van der Waals surface area contributed by atoms with Gasteiger partial charge in [0, 0.05) is 5.56 Å². The average Bonchev–Trinajstić information content (AvgIpc) is 2.42. The van der Waals surface area contributed by atoms with Gasteiger partial charge in [0.05, 0.1) is 18.5 Å². The Morgan fingerprint density at radius 2 is 1.95 bits per heavy atom. The van der Waals surface area contributed by atoms with E-state index in [9.17, 15) is 14.7 Å². The standard InChI is InChI=1S/C10H12N2O4.C6H14/c1-4-7(5(2)11)12-9(14)6(8(4)13)10(15)16-3;1-4-5-6(2)3/h11H,1-3H3,(H2,12,13,14);6H,4-5H2,1-3H3. The van der Waals surface area contributed by atoms with Gasteiger partial charge in [0.15, 0.2) is 5.56 Å². The van der Waals surface area contributed by atoms with Crippen LogP contribution in [-0.4, -0.2) is 28.9 Å². The van der Waals surface area contributed by atoms with Gasteiger partial charge in [-0.25, -0.2) is 4.79 Å². The minimum Gasteiger partial charge on any atom is -0.506 e. The molecule has 1 heterocycles. The molecule has 0 saturated heterocycles. The van der Waals surface area contributed by atoms with E-state index < -0.39 is 22.8 Å². The zero-order valence-electron chi connectivity index (χ0n) is 14.2. The Labute approximate surface area is 131 Å². The van der Waals surface area contributed by atoms with Crippen molar-refractivity contribution in [2.75, 3.05) is 7.11 Å². The van der Waals surface area contributed by atoms with Gasteiger partial charge in [-0.1, -0.05) is 33.6 Å². The molecular formula is C16H26N2O4. The smallest absolute Gasteiger partial charge is 0.347 e. The highest BCUT2D eigenvalue weighted by atomic mass is 16.5. The van der Waals surface area contributed by atoms with Crippen LogP contribution in [0.4, 0.5) is 0 Å². The maximum Gasteiger partial charge on any atom is 0.347 e. The molecule has 0 aliphatic heterocycles. The molecule has 6 heteroatoms. The second kappa shape index (κ2) is 9.02. The lowest BCUT2D eigenvalue weighted by atomic mass is 10.1. The number of nitrogens with one attached hydrogen (secondary N) is 2. The summed E-state index contributed by atoms with van der Waals surface area (Å²) in [5.74, 6) is -0.455. The monoisotopic (exact) mass is 310 g/mol. The number of hydrogen-bond donors (Lipinski definition) is 3. The zero-order chi connectivity index (χ0) is 17.4. The molecule has 0 radical (unpaired) electrons. The normalized spacial score (nSPS) is 9.95. The number of methoxy groups -OCH3 is 1. The Morgan fingerprint density at radius 3 is 2.27 bits per heavy atom. The van der Waals surface area contributed by atoms with Crippen molar-refractivity contribution >= 4 is 11.7 Å². The quantitative estimate of drug-likeness (QED) is 0.587. The highest BCUT2D eigenvalue weighted by Gasteiger charge is 2.21. The van der Waals surface area contributed by atoms with Gasteiger partial charge >= 0.3 is 5.97 Å². The van der Waals surface area contributed by atoms with Crippen molar-refractivity contribution in [2.45, 2.75) is 47.5 Å².